The van der Waals surface area contributed by atoms with E-state index >= 15 is 0 Å². The van der Waals surface area contributed by atoms with Gasteiger partial charge in [-0.25, -0.2) is 4.39 Å². The molecule has 1 aromatic carbocycles. The number of amides is 1. The molecule has 0 saturated heterocycles. The summed E-state index contributed by atoms with van der Waals surface area (Å²) in [6.45, 7) is 3.30. The number of benzene rings is 1. The van der Waals surface area contributed by atoms with E-state index in [9.17, 15) is 9.18 Å². The number of rotatable bonds is 3. The quantitative estimate of drug-likeness (QED) is 0.792. The minimum atomic E-state index is -0.427. The fraction of sp³-hybridized carbons (Fsp3) is 0. The smallest absolute Gasteiger partial charge is 0.250 e. The molecule has 17 heavy (non-hydrogen) atoms. The van der Waals surface area contributed by atoms with Gasteiger partial charge in [-0.2, -0.15) is 4.98 Å². The van der Waals surface area contributed by atoms with Crippen LogP contribution in [0.3, 0.4) is 0 Å². The maximum atomic E-state index is 13.4. The molecule has 0 aliphatic carbocycles. The lowest BCUT2D eigenvalue weighted by atomic mass is 10.2. The van der Waals surface area contributed by atoms with Crippen molar-refractivity contribution in [1.29, 1.82) is 0 Å². The van der Waals surface area contributed by atoms with Crippen LogP contribution in [0, 0.1) is 5.82 Å². The molecular formula is C11H9FN4O. The number of halogens is 1. The normalized spacial score (nSPS) is 9.94. The molecule has 0 aliphatic rings. The number of carbonyl (C=O) groups excluding carboxylic acids is 1. The van der Waals surface area contributed by atoms with Gasteiger partial charge in [0.2, 0.25) is 11.9 Å². The summed E-state index contributed by atoms with van der Waals surface area (Å²) in [5.74, 6) is -0.509. The molecule has 2 aromatic rings. The van der Waals surface area contributed by atoms with Crippen LogP contribution < -0.4 is 5.32 Å². The van der Waals surface area contributed by atoms with Crippen LogP contribution in [0.5, 0.6) is 0 Å². The Morgan fingerprint density at radius 1 is 1.47 bits per heavy atom. The first-order valence-corrected chi connectivity index (χ1v) is 4.81. The number of hydrogen-bond acceptors (Lipinski definition) is 3. The standard InChI is InChI=1S/C11H9FN4O/c1-2-9(17)13-11-14-10(15-16-11)7-5-3-4-6-8(7)12/h2-6H,1H2,(H2,13,14,15,16,17). The first kappa shape index (κ1) is 11.0. The predicted octanol–water partition coefficient (Wildman–Crippen LogP) is 1.74. The van der Waals surface area contributed by atoms with Crippen LogP contribution in [0.4, 0.5) is 10.3 Å². The van der Waals surface area contributed by atoms with Crippen molar-refractivity contribution in [2.45, 2.75) is 0 Å². The number of carbonyl (C=O) groups is 1. The number of nitrogens with zero attached hydrogens (tertiary/aromatic N) is 2. The van der Waals surface area contributed by atoms with Crippen molar-refractivity contribution in [3.63, 3.8) is 0 Å². The van der Waals surface area contributed by atoms with Crippen molar-refractivity contribution in [3.8, 4) is 11.4 Å². The summed E-state index contributed by atoms with van der Waals surface area (Å²) in [4.78, 5) is 14.9. The highest BCUT2D eigenvalue weighted by molar-refractivity contribution is 5.97. The van der Waals surface area contributed by atoms with Crippen LogP contribution >= 0.6 is 0 Å². The highest BCUT2D eigenvalue weighted by Gasteiger charge is 2.10. The molecular weight excluding hydrogens is 223 g/mol. The SMILES string of the molecule is C=CC(=O)Nc1n[nH]c(-c2ccccc2F)n1. The Labute approximate surface area is 96.4 Å². The molecule has 0 aliphatic heterocycles. The van der Waals surface area contributed by atoms with E-state index in [0.29, 0.717) is 5.56 Å². The molecule has 1 aromatic heterocycles. The number of aromatic amines is 1. The van der Waals surface area contributed by atoms with Crippen molar-refractivity contribution in [1.82, 2.24) is 15.2 Å². The van der Waals surface area contributed by atoms with Crippen molar-refractivity contribution < 1.29 is 9.18 Å². The number of aromatic nitrogens is 3. The lowest BCUT2D eigenvalue weighted by Crippen LogP contribution is -2.08. The van der Waals surface area contributed by atoms with Gasteiger partial charge in [-0.3, -0.25) is 15.2 Å². The highest BCUT2D eigenvalue weighted by Crippen LogP contribution is 2.19. The molecule has 6 heteroatoms. The third-order valence-electron chi connectivity index (χ3n) is 2.03. The van der Waals surface area contributed by atoms with Gasteiger partial charge in [0, 0.05) is 0 Å². The van der Waals surface area contributed by atoms with E-state index in [4.69, 9.17) is 0 Å². The zero-order valence-corrected chi connectivity index (χ0v) is 8.77. The summed E-state index contributed by atoms with van der Waals surface area (Å²) in [6.07, 6.45) is 1.10. The van der Waals surface area contributed by atoms with E-state index in [0.717, 1.165) is 6.08 Å². The number of hydrogen-bond donors (Lipinski definition) is 2. The zero-order valence-electron chi connectivity index (χ0n) is 8.77. The van der Waals surface area contributed by atoms with E-state index in [1.54, 1.807) is 18.2 Å². The molecule has 0 atom stereocenters. The van der Waals surface area contributed by atoms with Crippen LogP contribution in [-0.2, 0) is 4.79 Å². The summed E-state index contributed by atoms with van der Waals surface area (Å²) >= 11 is 0. The van der Waals surface area contributed by atoms with Crippen molar-refractivity contribution >= 4 is 11.9 Å². The molecule has 1 heterocycles. The van der Waals surface area contributed by atoms with E-state index in [2.05, 4.69) is 27.1 Å². The van der Waals surface area contributed by atoms with Gasteiger partial charge in [0.05, 0.1) is 5.56 Å². The van der Waals surface area contributed by atoms with Gasteiger partial charge in [0.25, 0.3) is 0 Å². The van der Waals surface area contributed by atoms with Crippen LogP contribution in [0.25, 0.3) is 11.4 Å². The third kappa shape index (κ3) is 2.36. The molecule has 1 amide bonds. The van der Waals surface area contributed by atoms with Gasteiger partial charge in [0.1, 0.15) is 5.82 Å². The van der Waals surface area contributed by atoms with Gasteiger partial charge in [-0.1, -0.05) is 18.7 Å². The summed E-state index contributed by atoms with van der Waals surface area (Å²) in [5, 5.41) is 8.65. The molecule has 2 rings (SSSR count). The Bertz CT molecular complexity index is 564. The van der Waals surface area contributed by atoms with E-state index < -0.39 is 11.7 Å². The minimum absolute atomic E-state index is 0.0770. The lowest BCUT2D eigenvalue weighted by Gasteiger charge is -1.96. The average molecular weight is 232 g/mol. The fourth-order valence-electron chi connectivity index (χ4n) is 1.25. The van der Waals surface area contributed by atoms with Crippen molar-refractivity contribution in [2.24, 2.45) is 0 Å². The Morgan fingerprint density at radius 3 is 2.94 bits per heavy atom. The van der Waals surface area contributed by atoms with Crippen LogP contribution in [-0.4, -0.2) is 21.1 Å². The molecule has 0 spiro atoms. The van der Waals surface area contributed by atoms with E-state index in [-0.39, 0.29) is 11.8 Å². The van der Waals surface area contributed by atoms with Gasteiger partial charge in [-0.05, 0) is 18.2 Å². The highest BCUT2D eigenvalue weighted by atomic mass is 19.1. The molecule has 86 valence electrons. The predicted molar refractivity (Wildman–Crippen MR) is 60.6 cm³/mol. The largest absolute Gasteiger partial charge is 0.290 e. The maximum Gasteiger partial charge on any atom is 0.250 e. The molecule has 0 radical (unpaired) electrons. The summed E-state index contributed by atoms with van der Waals surface area (Å²) in [5.41, 5.74) is 0.291. The van der Waals surface area contributed by atoms with Crippen molar-refractivity contribution in [2.75, 3.05) is 5.32 Å². The lowest BCUT2D eigenvalue weighted by molar-refractivity contribution is -0.111. The Hall–Kier alpha value is -2.50. The summed E-state index contributed by atoms with van der Waals surface area (Å²) in [6, 6.07) is 6.15. The number of nitrogens with one attached hydrogen (secondary N) is 2. The molecule has 0 unspecified atom stereocenters. The summed E-state index contributed by atoms with van der Waals surface area (Å²) < 4.78 is 13.4. The molecule has 2 N–H and O–H groups in total. The Morgan fingerprint density at radius 2 is 2.24 bits per heavy atom. The van der Waals surface area contributed by atoms with E-state index in [1.165, 1.54) is 6.07 Å². The van der Waals surface area contributed by atoms with Crippen molar-refractivity contribution in [3.05, 3.63) is 42.7 Å². The second-order valence-corrected chi connectivity index (χ2v) is 3.18. The number of anilines is 1. The van der Waals surface area contributed by atoms with Crippen LogP contribution in [0.1, 0.15) is 0 Å². The summed E-state index contributed by atoms with van der Waals surface area (Å²) in [7, 11) is 0. The third-order valence-corrected chi connectivity index (χ3v) is 2.03. The average Bonchev–Trinajstić information content (AvgIpc) is 2.78. The molecule has 5 nitrogen and oxygen atoms in total. The number of H-pyrrole nitrogens is 1. The maximum absolute atomic E-state index is 13.4. The fourth-order valence-corrected chi connectivity index (χ4v) is 1.25. The van der Waals surface area contributed by atoms with Crippen LogP contribution in [0.2, 0.25) is 0 Å². The first-order valence-electron chi connectivity index (χ1n) is 4.81. The second-order valence-electron chi connectivity index (χ2n) is 3.18. The first-order chi connectivity index (χ1) is 8.20. The van der Waals surface area contributed by atoms with Gasteiger partial charge < -0.3 is 0 Å². The molecule has 0 bridgehead atoms. The topological polar surface area (TPSA) is 70.7 Å². The Kier molecular flexibility index (Phi) is 2.95. The molecule has 0 saturated carbocycles. The van der Waals surface area contributed by atoms with Crippen LogP contribution in [0.15, 0.2) is 36.9 Å². The van der Waals surface area contributed by atoms with Gasteiger partial charge in [-0.15, -0.1) is 5.10 Å². The zero-order chi connectivity index (χ0) is 12.3. The van der Waals surface area contributed by atoms with Gasteiger partial charge in [0.15, 0.2) is 5.82 Å². The minimum Gasteiger partial charge on any atom is -0.290 e. The monoisotopic (exact) mass is 232 g/mol. The van der Waals surface area contributed by atoms with E-state index in [1.807, 2.05) is 0 Å². The second kappa shape index (κ2) is 4.56. The Balaban J connectivity index is 2.27. The molecule has 0 fully saturated rings. The van der Waals surface area contributed by atoms with Gasteiger partial charge >= 0.3 is 0 Å².